The lowest BCUT2D eigenvalue weighted by molar-refractivity contribution is -0.117. The molecule has 0 amide bonds. The van der Waals surface area contributed by atoms with Crippen molar-refractivity contribution in [2.75, 3.05) is 13.2 Å². The molecule has 0 aromatic heterocycles. The number of para-hydroxylation sites is 2. The number of benzene rings is 2. The van der Waals surface area contributed by atoms with E-state index in [0.29, 0.717) is 26.1 Å². The molecule has 0 bridgehead atoms. The van der Waals surface area contributed by atoms with Gasteiger partial charge in [0.1, 0.15) is 24.7 Å². The molecule has 32 heavy (non-hydrogen) atoms. The third kappa shape index (κ3) is 5.76. The fourth-order valence-electron chi connectivity index (χ4n) is 4.25. The van der Waals surface area contributed by atoms with Gasteiger partial charge in [0.05, 0.1) is 0 Å². The summed E-state index contributed by atoms with van der Waals surface area (Å²) in [4.78, 5) is 24.3. The minimum Gasteiger partial charge on any atom is -0.489 e. The third-order valence-electron chi connectivity index (χ3n) is 6.01. The van der Waals surface area contributed by atoms with Gasteiger partial charge in [-0.15, -0.1) is 0 Å². The normalized spacial score (nSPS) is 19.4. The molecule has 0 radical (unpaired) electrons. The van der Waals surface area contributed by atoms with Gasteiger partial charge in [-0.2, -0.15) is 0 Å². The van der Waals surface area contributed by atoms with Crippen molar-refractivity contribution in [3.63, 3.8) is 0 Å². The largest absolute Gasteiger partial charge is 0.489 e. The highest BCUT2D eigenvalue weighted by molar-refractivity contribution is 6.01. The van der Waals surface area contributed by atoms with Crippen molar-refractivity contribution in [3.05, 3.63) is 70.8 Å². The summed E-state index contributed by atoms with van der Waals surface area (Å²) in [5.41, 5.74) is 3.64. The molecule has 2 aromatic rings. The first-order valence-electron chi connectivity index (χ1n) is 11.6. The summed E-state index contributed by atoms with van der Waals surface area (Å²) in [5.74, 6) is 2.00. The molecular formula is C28H30O4. The summed E-state index contributed by atoms with van der Waals surface area (Å²) in [7, 11) is 0. The van der Waals surface area contributed by atoms with Crippen LogP contribution in [0.2, 0.25) is 0 Å². The Kier molecular flexibility index (Phi) is 7.55. The highest BCUT2D eigenvalue weighted by Gasteiger charge is 2.16. The van der Waals surface area contributed by atoms with Crippen molar-refractivity contribution in [2.45, 2.75) is 51.4 Å². The Morgan fingerprint density at radius 2 is 1.00 bits per heavy atom. The second-order valence-electron chi connectivity index (χ2n) is 8.37. The van der Waals surface area contributed by atoms with E-state index in [1.807, 2.05) is 60.7 Å². The van der Waals surface area contributed by atoms with Crippen molar-refractivity contribution in [1.29, 1.82) is 0 Å². The standard InChI is InChI=1S/C28H30O4/c29-25-13-5-1-9-21(25)19-23-11-3-7-15-27(23)31-17-18-32-28-16-8-4-12-24(28)20-22-10-2-6-14-26(22)30/h3-4,7-8,11-12,15-16,19-20H,1-2,5-6,9-10,13-14,17-18H2/b21-19+,22-20+. The molecule has 0 aliphatic heterocycles. The number of ketones is 2. The number of hydrogen-bond donors (Lipinski definition) is 0. The monoisotopic (exact) mass is 430 g/mol. The fraction of sp³-hybridized carbons (Fsp3) is 0.357. The second kappa shape index (κ2) is 10.9. The van der Waals surface area contributed by atoms with Gasteiger partial charge in [-0.1, -0.05) is 36.4 Å². The molecule has 4 nitrogen and oxygen atoms in total. The van der Waals surface area contributed by atoms with Gasteiger partial charge in [-0.25, -0.2) is 0 Å². The summed E-state index contributed by atoms with van der Waals surface area (Å²) < 4.78 is 12.0. The van der Waals surface area contributed by atoms with Gasteiger partial charge < -0.3 is 9.47 Å². The van der Waals surface area contributed by atoms with Crippen LogP contribution in [0.25, 0.3) is 12.2 Å². The van der Waals surface area contributed by atoms with Crippen molar-refractivity contribution < 1.29 is 19.1 Å². The topological polar surface area (TPSA) is 52.6 Å². The number of allylic oxidation sites excluding steroid dienone is 2. The van der Waals surface area contributed by atoms with Crippen molar-refractivity contribution in [1.82, 2.24) is 0 Å². The third-order valence-corrected chi connectivity index (χ3v) is 6.01. The molecule has 2 aromatic carbocycles. The number of hydrogen-bond acceptors (Lipinski definition) is 4. The number of carbonyl (C=O) groups excluding carboxylic acids is 2. The Balaban J connectivity index is 1.38. The van der Waals surface area contributed by atoms with Crippen molar-refractivity contribution in [2.24, 2.45) is 0 Å². The van der Waals surface area contributed by atoms with E-state index in [2.05, 4.69) is 0 Å². The SMILES string of the molecule is O=C1CCCC/C1=C\c1ccccc1OCCOc1ccccc1/C=C1\CCCCC1=O. The Hall–Kier alpha value is -3.14. The molecule has 0 spiro atoms. The molecule has 0 atom stereocenters. The predicted octanol–water partition coefficient (Wildman–Crippen LogP) is 6.20. The molecule has 4 heteroatoms. The lowest BCUT2D eigenvalue weighted by atomic mass is 9.92. The number of ether oxygens (including phenoxy) is 2. The average Bonchev–Trinajstić information content (AvgIpc) is 2.81. The van der Waals surface area contributed by atoms with Crippen LogP contribution in [-0.2, 0) is 9.59 Å². The van der Waals surface area contributed by atoms with E-state index >= 15 is 0 Å². The van der Waals surface area contributed by atoms with Gasteiger partial charge in [0.25, 0.3) is 0 Å². The quantitative estimate of drug-likeness (QED) is 0.388. The maximum atomic E-state index is 12.2. The second-order valence-corrected chi connectivity index (χ2v) is 8.37. The summed E-state index contributed by atoms with van der Waals surface area (Å²) >= 11 is 0. The summed E-state index contributed by atoms with van der Waals surface area (Å²) in [6, 6.07) is 15.6. The van der Waals surface area contributed by atoms with E-state index in [9.17, 15) is 9.59 Å². The van der Waals surface area contributed by atoms with E-state index < -0.39 is 0 Å². The summed E-state index contributed by atoms with van der Waals surface area (Å²) in [5, 5.41) is 0. The molecule has 0 saturated heterocycles. The molecule has 2 aliphatic rings. The zero-order valence-corrected chi connectivity index (χ0v) is 18.5. The number of Topliss-reactive ketones (excluding diaryl/α,β-unsaturated/α-hetero) is 2. The fourth-order valence-corrected chi connectivity index (χ4v) is 4.25. The van der Waals surface area contributed by atoms with Crippen LogP contribution in [0.3, 0.4) is 0 Å². The van der Waals surface area contributed by atoms with Crippen LogP contribution >= 0.6 is 0 Å². The molecule has 166 valence electrons. The average molecular weight is 431 g/mol. The van der Waals surface area contributed by atoms with E-state index in [-0.39, 0.29) is 11.6 Å². The summed E-state index contributed by atoms with van der Waals surface area (Å²) in [6.45, 7) is 0.774. The van der Waals surface area contributed by atoms with Crippen LogP contribution in [-0.4, -0.2) is 24.8 Å². The van der Waals surface area contributed by atoms with Crippen LogP contribution in [0.4, 0.5) is 0 Å². The van der Waals surface area contributed by atoms with Gasteiger partial charge >= 0.3 is 0 Å². The number of rotatable bonds is 7. The number of carbonyl (C=O) groups is 2. The molecule has 4 rings (SSSR count). The van der Waals surface area contributed by atoms with Crippen molar-refractivity contribution in [3.8, 4) is 11.5 Å². The van der Waals surface area contributed by atoms with Crippen molar-refractivity contribution >= 4 is 23.7 Å². The maximum absolute atomic E-state index is 12.2. The van der Waals surface area contributed by atoms with E-state index in [4.69, 9.17) is 9.47 Å². The first-order chi connectivity index (χ1) is 15.7. The Morgan fingerprint density at radius 3 is 1.44 bits per heavy atom. The van der Waals surface area contributed by atoms with Crippen LogP contribution in [0.15, 0.2) is 59.7 Å². The smallest absolute Gasteiger partial charge is 0.158 e. The van der Waals surface area contributed by atoms with Crippen LogP contribution < -0.4 is 9.47 Å². The Morgan fingerprint density at radius 1 is 0.594 bits per heavy atom. The molecule has 0 N–H and O–H groups in total. The van der Waals surface area contributed by atoms with E-state index in [0.717, 1.165) is 72.3 Å². The van der Waals surface area contributed by atoms with E-state index in [1.54, 1.807) is 0 Å². The highest BCUT2D eigenvalue weighted by Crippen LogP contribution is 2.28. The zero-order valence-electron chi connectivity index (χ0n) is 18.5. The lowest BCUT2D eigenvalue weighted by Crippen LogP contribution is -2.11. The van der Waals surface area contributed by atoms with Crippen LogP contribution in [0.1, 0.15) is 62.5 Å². The highest BCUT2D eigenvalue weighted by atomic mass is 16.5. The van der Waals surface area contributed by atoms with Gasteiger partial charge in [-0.05, 0) is 74.0 Å². The Labute approximate surface area is 189 Å². The molecule has 0 heterocycles. The van der Waals surface area contributed by atoms with Gasteiger partial charge in [0, 0.05) is 24.0 Å². The molecule has 2 saturated carbocycles. The molecular weight excluding hydrogens is 400 g/mol. The van der Waals surface area contributed by atoms with Gasteiger partial charge in [0.15, 0.2) is 11.6 Å². The van der Waals surface area contributed by atoms with Gasteiger partial charge in [-0.3, -0.25) is 9.59 Å². The molecule has 2 fully saturated rings. The molecule has 2 aliphatic carbocycles. The maximum Gasteiger partial charge on any atom is 0.158 e. The first-order valence-corrected chi connectivity index (χ1v) is 11.6. The van der Waals surface area contributed by atoms with E-state index in [1.165, 1.54) is 0 Å². The van der Waals surface area contributed by atoms with Crippen LogP contribution in [0, 0.1) is 0 Å². The summed E-state index contributed by atoms with van der Waals surface area (Å²) in [6.07, 6.45) is 11.0. The minimum atomic E-state index is 0.247. The molecule has 0 unspecified atom stereocenters. The lowest BCUT2D eigenvalue weighted by Gasteiger charge is -2.15. The Bertz CT molecular complexity index is 948. The predicted molar refractivity (Wildman–Crippen MR) is 127 cm³/mol. The first kappa shape index (κ1) is 22.1. The van der Waals surface area contributed by atoms with Crippen LogP contribution in [0.5, 0.6) is 11.5 Å². The zero-order chi connectivity index (χ0) is 22.2. The minimum absolute atomic E-state index is 0.247. The van der Waals surface area contributed by atoms with Gasteiger partial charge in [0.2, 0.25) is 0 Å².